The lowest BCUT2D eigenvalue weighted by Crippen LogP contribution is -2.35. The highest BCUT2D eigenvalue weighted by atomic mass is 127. The molecule has 1 atom stereocenters. The summed E-state index contributed by atoms with van der Waals surface area (Å²) in [5, 5.41) is 0.393. The zero-order valence-electron chi connectivity index (χ0n) is 8.78. The van der Waals surface area contributed by atoms with Gasteiger partial charge in [0, 0.05) is 10.6 Å². The summed E-state index contributed by atoms with van der Waals surface area (Å²) in [4.78, 5) is 12.1. The molecule has 0 aliphatic rings. The molecule has 0 radical (unpaired) electrons. The molecule has 1 unspecified atom stereocenters. The van der Waals surface area contributed by atoms with Crippen LogP contribution in [0, 0.1) is 0 Å². The van der Waals surface area contributed by atoms with E-state index in [4.69, 9.17) is 11.6 Å². The minimum atomic E-state index is -3.55. The lowest BCUT2D eigenvalue weighted by Gasteiger charge is -2.18. The second kappa shape index (κ2) is 5.54. The number of carbonyl (C=O) groups excluding carboxylic acids is 1. The Bertz CT molecular complexity index is 542. The summed E-state index contributed by atoms with van der Waals surface area (Å²) >= 11 is 10.4. The van der Waals surface area contributed by atoms with Crippen LogP contribution in [0.25, 0.3) is 0 Å². The Kier molecular flexibility index (Phi) is 5.02. The zero-order chi connectivity index (χ0) is 13.3. The average Bonchev–Trinajstić information content (AvgIpc) is 2.27. The van der Waals surface area contributed by atoms with Gasteiger partial charge in [0.2, 0.25) is 7.45 Å². The van der Waals surface area contributed by atoms with Crippen molar-refractivity contribution in [2.75, 3.05) is 5.75 Å². The minimum absolute atomic E-state index is 0.118. The molecule has 0 bridgehead atoms. The monoisotopic (exact) mass is 450 g/mol. The Morgan fingerprint density at radius 3 is 2.59 bits per heavy atom. The van der Waals surface area contributed by atoms with Gasteiger partial charge in [-0.25, -0.2) is 8.42 Å². The van der Waals surface area contributed by atoms with E-state index >= 15 is 0 Å². The van der Waals surface area contributed by atoms with Crippen molar-refractivity contribution in [1.82, 2.24) is 0 Å². The van der Waals surface area contributed by atoms with E-state index in [0.717, 1.165) is 0 Å². The van der Waals surface area contributed by atoms with Gasteiger partial charge in [0.05, 0.1) is 5.75 Å². The average molecular weight is 452 g/mol. The van der Waals surface area contributed by atoms with Gasteiger partial charge in [-0.2, -0.15) is 0 Å². The van der Waals surface area contributed by atoms with Gasteiger partial charge in [0.15, 0.2) is 9.84 Å². The first kappa shape index (κ1) is 15.4. The van der Waals surface area contributed by atoms with Crippen LogP contribution in [0.3, 0.4) is 0 Å². The highest BCUT2D eigenvalue weighted by Crippen LogP contribution is 2.37. The van der Waals surface area contributed by atoms with Crippen molar-refractivity contribution in [3.8, 4) is 0 Å². The molecule has 0 aliphatic heterocycles. The molecule has 0 saturated carbocycles. The Morgan fingerprint density at radius 2 is 2.12 bits per heavy atom. The maximum absolute atomic E-state index is 12.1. The Morgan fingerprint density at radius 1 is 1.53 bits per heavy atom. The molecular formula is C10H9BrClIO3S. The second-order valence-electron chi connectivity index (χ2n) is 3.26. The number of ketones is 1. The summed E-state index contributed by atoms with van der Waals surface area (Å²) in [5.74, 6) is -0.643. The van der Waals surface area contributed by atoms with Gasteiger partial charge in [0.1, 0.15) is 0 Å². The number of hydrogen-bond acceptors (Lipinski definition) is 3. The van der Waals surface area contributed by atoms with E-state index in [1.54, 1.807) is 34.7 Å². The van der Waals surface area contributed by atoms with Crippen LogP contribution in [0.2, 0.25) is 5.02 Å². The lowest BCUT2D eigenvalue weighted by atomic mass is 10.1. The summed E-state index contributed by atoms with van der Waals surface area (Å²) in [6.07, 6.45) is 0. The molecule has 7 heteroatoms. The van der Waals surface area contributed by atoms with Gasteiger partial charge in [0.25, 0.3) is 0 Å². The first-order valence-corrected chi connectivity index (χ1v) is 8.53. The molecule has 0 heterocycles. The fourth-order valence-electron chi connectivity index (χ4n) is 1.12. The summed E-state index contributed by atoms with van der Waals surface area (Å²) in [7, 11) is -3.55. The smallest absolute Gasteiger partial charge is 0.239 e. The van der Waals surface area contributed by atoms with Crippen LogP contribution < -0.4 is 0 Å². The first-order valence-electron chi connectivity index (χ1n) is 4.63. The van der Waals surface area contributed by atoms with E-state index in [-0.39, 0.29) is 11.3 Å². The fraction of sp³-hybridized carbons (Fsp3) is 0.300. The Labute approximate surface area is 127 Å². The Hall–Kier alpha value is 0.340. The molecule has 1 aromatic carbocycles. The van der Waals surface area contributed by atoms with Crippen LogP contribution in [0.15, 0.2) is 24.3 Å². The number of Topliss-reactive ketones (excluding diaryl/α,β-unsaturated/α-hetero) is 1. The molecule has 0 spiro atoms. The van der Waals surface area contributed by atoms with Gasteiger partial charge in [-0.1, -0.05) is 30.7 Å². The highest BCUT2D eigenvalue weighted by molar-refractivity contribution is 14.1. The summed E-state index contributed by atoms with van der Waals surface area (Å²) in [6.45, 7) is 1.50. The molecule has 0 N–H and O–H groups in total. The van der Waals surface area contributed by atoms with E-state index in [0.29, 0.717) is 5.02 Å². The van der Waals surface area contributed by atoms with Crippen molar-refractivity contribution in [2.45, 2.75) is 8.59 Å². The molecule has 1 aromatic rings. The molecule has 0 aromatic heterocycles. The SMILES string of the molecule is CCS(=O)(=O)C(Br)(I)C(=O)c1cccc(Cl)c1. The second-order valence-corrected chi connectivity index (χ2v) is 11.7. The number of alkyl halides is 2. The molecule has 0 amide bonds. The predicted octanol–water partition coefficient (Wildman–Crippen LogP) is 3.44. The van der Waals surface area contributed by atoms with E-state index in [1.165, 1.54) is 19.1 Å². The van der Waals surface area contributed by atoms with E-state index in [1.807, 2.05) is 0 Å². The molecule has 94 valence electrons. The normalized spacial score (nSPS) is 15.3. The number of rotatable bonds is 4. The van der Waals surface area contributed by atoms with Crippen LogP contribution in [-0.2, 0) is 9.84 Å². The quantitative estimate of drug-likeness (QED) is 0.400. The van der Waals surface area contributed by atoms with Crippen molar-refractivity contribution in [2.24, 2.45) is 0 Å². The van der Waals surface area contributed by atoms with Crippen molar-refractivity contribution in [3.63, 3.8) is 0 Å². The van der Waals surface area contributed by atoms with Crippen LogP contribution in [-0.4, -0.2) is 21.6 Å². The number of benzene rings is 1. The maximum atomic E-state index is 12.1. The lowest BCUT2D eigenvalue weighted by molar-refractivity contribution is 0.101. The maximum Gasteiger partial charge on any atom is 0.239 e. The van der Waals surface area contributed by atoms with Gasteiger partial charge in [-0.15, -0.1) is 0 Å². The molecule has 17 heavy (non-hydrogen) atoms. The summed E-state index contributed by atoms with van der Waals surface area (Å²) in [5.41, 5.74) is 0.265. The van der Waals surface area contributed by atoms with E-state index < -0.39 is 17.3 Å². The van der Waals surface area contributed by atoms with Crippen molar-refractivity contribution in [1.29, 1.82) is 0 Å². The standard InChI is InChI=1S/C10H9BrClIO3S/c1-2-17(15,16)10(11,13)9(14)7-4-3-5-8(12)6-7/h3-6H,2H2,1H3. The largest absolute Gasteiger partial charge is 0.290 e. The number of hydrogen-bond donors (Lipinski definition) is 0. The van der Waals surface area contributed by atoms with Crippen LogP contribution >= 0.6 is 50.1 Å². The summed E-state index contributed by atoms with van der Waals surface area (Å²) in [6, 6.07) is 6.21. The first-order chi connectivity index (χ1) is 7.72. The molecule has 3 nitrogen and oxygen atoms in total. The van der Waals surface area contributed by atoms with Gasteiger partial charge in [-0.3, -0.25) is 4.79 Å². The number of sulfone groups is 1. The fourth-order valence-corrected chi connectivity index (χ4v) is 4.23. The third-order valence-electron chi connectivity index (χ3n) is 2.12. The van der Waals surface area contributed by atoms with Gasteiger partial charge >= 0.3 is 0 Å². The summed E-state index contributed by atoms with van der Waals surface area (Å²) < 4.78 is 22.0. The molecular weight excluding hydrogens is 442 g/mol. The van der Waals surface area contributed by atoms with Crippen molar-refractivity contribution in [3.05, 3.63) is 34.9 Å². The van der Waals surface area contributed by atoms with Crippen LogP contribution in [0.1, 0.15) is 17.3 Å². The van der Waals surface area contributed by atoms with Gasteiger partial charge < -0.3 is 0 Å². The molecule has 0 fully saturated rings. The number of halogens is 3. The van der Waals surface area contributed by atoms with Crippen LogP contribution in [0.4, 0.5) is 0 Å². The van der Waals surface area contributed by atoms with Crippen molar-refractivity contribution >= 4 is 65.7 Å². The van der Waals surface area contributed by atoms with Crippen molar-refractivity contribution < 1.29 is 13.2 Å². The predicted molar refractivity (Wildman–Crippen MR) is 80.9 cm³/mol. The highest BCUT2D eigenvalue weighted by Gasteiger charge is 2.45. The minimum Gasteiger partial charge on any atom is -0.290 e. The van der Waals surface area contributed by atoms with Gasteiger partial charge in [-0.05, 0) is 50.7 Å². The zero-order valence-corrected chi connectivity index (χ0v) is 14.1. The third-order valence-corrected chi connectivity index (χ3v) is 8.43. The van der Waals surface area contributed by atoms with E-state index in [9.17, 15) is 13.2 Å². The Balaban J connectivity index is 3.23. The third kappa shape index (κ3) is 3.21. The molecule has 0 saturated heterocycles. The molecule has 0 aliphatic carbocycles. The van der Waals surface area contributed by atoms with Crippen LogP contribution in [0.5, 0.6) is 0 Å². The topological polar surface area (TPSA) is 51.2 Å². The number of carbonyl (C=O) groups is 1. The molecule has 1 rings (SSSR count). The van der Waals surface area contributed by atoms with E-state index in [2.05, 4.69) is 15.9 Å².